The summed E-state index contributed by atoms with van der Waals surface area (Å²) in [7, 11) is 0. The van der Waals surface area contributed by atoms with Crippen molar-refractivity contribution in [3.63, 3.8) is 0 Å². The van der Waals surface area contributed by atoms with Crippen LogP contribution in [0.1, 0.15) is 28.6 Å². The number of aryl methyl sites for hydroxylation is 2. The molecule has 0 spiro atoms. The van der Waals surface area contributed by atoms with Crippen molar-refractivity contribution in [3.8, 4) is 0 Å². The minimum absolute atomic E-state index is 0.530. The first-order valence-corrected chi connectivity index (χ1v) is 5.82. The molecule has 88 valence electrons. The zero-order valence-electron chi connectivity index (χ0n) is 10.2. The molecule has 0 aliphatic carbocycles. The Hall–Kier alpha value is -1.67. The minimum atomic E-state index is -0.530. The molecule has 0 aliphatic rings. The van der Waals surface area contributed by atoms with E-state index in [0.29, 0.717) is 6.42 Å². The van der Waals surface area contributed by atoms with Crippen molar-refractivity contribution in [1.82, 2.24) is 4.98 Å². The lowest BCUT2D eigenvalue weighted by Gasteiger charge is -2.10. The van der Waals surface area contributed by atoms with Gasteiger partial charge < -0.3 is 5.11 Å². The number of aliphatic hydroxyl groups is 1. The van der Waals surface area contributed by atoms with E-state index >= 15 is 0 Å². The lowest BCUT2D eigenvalue weighted by Crippen LogP contribution is -2.04. The van der Waals surface area contributed by atoms with Gasteiger partial charge in [0.15, 0.2) is 0 Å². The normalized spacial score (nSPS) is 12.4. The molecule has 2 nitrogen and oxygen atoms in total. The van der Waals surface area contributed by atoms with Crippen molar-refractivity contribution in [2.24, 2.45) is 0 Å². The third-order valence-corrected chi connectivity index (χ3v) is 2.80. The highest BCUT2D eigenvalue weighted by Gasteiger charge is 2.09. The Bertz CT molecular complexity index is 491. The quantitative estimate of drug-likeness (QED) is 0.874. The van der Waals surface area contributed by atoms with Crippen LogP contribution in [-0.2, 0) is 6.42 Å². The second kappa shape index (κ2) is 5.11. The van der Waals surface area contributed by atoms with E-state index in [2.05, 4.69) is 24.0 Å². The van der Waals surface area contributed by atoms with Crippen LogP contribution in [0.15, 0.2) is 42.5 Å². The molecule has 0 fully saturated rings. The van der Waals surface area contributed by atoms with Gasteiger partial charge in [-0.3, -0.25) is 4.98 Å². The average Bonchev–Trinajstić information content (AvgIpc) is 2.32. The lowest BCUT2D eigenvalue weighted by atomic mass is 10.0. The first kappa shape index (κ1) is 11.8. The van der Waals surface area contributed by atoms with E-state index in [9.17, 15) is 5.11 Å². The summed E-state index contributed by atoms with van der Waals surface area (Å²) in [6.07, 6.45) is 0.0779. The summed E-state index contributed by atoms with van der Waals surface area (Å²) >= 11 is 0. The number of aromatic nitrogens is 1. The summed E-state index contributed by atoms with van der Waals surface area (Å²) in [4.78, 5) is 4.34. The fraction of sp³-hybridized carbons (Fsp3) is 0.267. The molecule has 2 heteroatoms. The second-order valence-electron chi connectivity index (χ2n) is 4.41. The maximum absolute atomic E-state index is 10.1. The van der Waals surface area contributed by atoms with Crippen molar-refractivity contribution in [3.05, 3.63) is 65.0 Å². The predicted octanol–water partition coefficient (Wildman–Crippen LogP) is 2.97. The summed E-state index contributed by atoms with van der Waals surface area (Å²) in [6.45, 7) is 3.99. The molecule has 0 bridgehead atoms. The summed E-state index contributed by atoms with van der Waals surface area (Å²) in [5, 5.41) is 10.1. The highest BCUT2D eigenvalue weighted by molar-refractivity contribution is 5.23. The molecular formula is C15H17NO. The molecule has 17 heavy (non-hydrogen) atoms. The average molecular weight is 227 g/mol. The van der Waals surface area contributed by atoms with Crippen molar-refractivity contribution in [1.29, 1.82) is 0 Å². The molecule has 1 aromatic carbocycles. The Labute approximate surface area is 102 Å². The topological polar surface area (TPSA) is 33.1 Å². The monoisotopic (exact) mass is 227 g/mol. The highest BCUT2D eigenvalue weighted by atomic mass is 16.3. The maximum Gasteiger partial charge on any atom is 0.1000 e. The van der Waals surface area contributed by atoms with Crippen LogP contribution in [0.4, 0.5) is 0 Å². The van der Waals surface area contributed by atoms with Gasteiger partial charge in [0, 0.05) is 12.1 Å². The number of hydrogen-bond acceptors (Lipinski definition) is 2. The van der Waals surface area contributed by atoms with E-state index in [-0.39, 0.29) is 0 Å². The molecular weight excluding hydrogens is 210 g/mol. The van der Waals surface area contributed by atoms with Gasteiger partial charge in [0.25, 0.3) is 0 Å². The summed E-state index contributed by atoms with van der Waals surface area (Å²) in [6, 6.07) is 13.9. The SMILES string of the molecule is Cc1ccc(CC(O)c2cccc(C)n2)cc1. The molecule has 0 saturated heterocycles. The molecule has 1 heterocycles. The zero-order chi connectivity index (χ0) is 12.3. The maximum atomic E-state index is 10.1. The first-order chi connectivity index (χ1) is 8.15. The fourth-order valence-electron chi connectivity index (χ4n) is 1.80. The van der Waals surface area contributed by atoms with Crippen LogP contribution in [0.5, 0.6) is 0 Å². The summed E-state index contributed by atoms with van der Waals surface area (Å²) in [5.74, 6) is 0. The Morgan fingerprint density at radius 2 is 1.76 bits per heavy atom. The minimum Gasteiger partial charge on any atom is -0.386 e. The molecule has 0 saturated carbocycles. The number of rotatable bonds is 3. The number of aliphatic hydroxyl groups excluding tert-OH is 1. The van der Waals surface area contributed by atoms with E-state index in [1.54, 1.807) is 0 Å². The van der Waals surface area contributed by atoms with Crippen LogP contribution in [0.25, 0.3) is 0 Å². The van der Waals surface area contributed by atoms with E-state index < -0.39 is 6.10 Å². The van der Waals surface area contributed by atoms with Crippen LogP contribution >= 0.6 is 0 Å². The number of nitrogens with zero attached hydrogens (tertiary/aromatic N) is 1. The molecule has 2 aromatic rings. The summed E-state index contributed by atoms with van der Waals surface area (Å²) < 4.78 is 0. The van der Waals surface area contributed by atoms with Gasteiger partial charge in [0.05, 0.1) is 11.8 Å². The molecule has 0 aliphatic heterocycles. The van der Waals surface area contributed by atoms with Crippen molar-refractivity contribution < 1.29 is 5.11 Å². The molecule has 0 radical (unpaired) electrons. The van der Waals surface area contributed by atoms with Crippen LogP contribution < -0.4 is 0 Å². The van der Waals surface area contributed by atoms with Crippen molar-refractivity contribution in [2.45, 2.75) is 26.4 Å². The van der Waals surface area contributed by atoms with Crippen LogP contribution in [0.2, 0.25) is 0 Å². The number of pyridine rings is 1. The van der Waals surface area contributed by atoms with Gasteiger partial charge >= 0.3 is 0 Å². The highest BCUT2D eigenvalue weighted by Crippen LogP contribution is 2.17. The number of hydrogen-bond donors (Lipinski definition) is 1. The fourth-order valence-corrected chi connectivity index (χ4v) is 1.80. The lowest BCUT2D eigenvalue weighted by molar-refractivity contribution is 0.173. The first-order valence-electron chi connectivity index (χ1n) is 5.82. The standard InChI is InChI=1S/C15H17NO/c1-11-6-8-13(9-7-11)10-15(17)14-5-3-4-12(2)16-14/h3-9,15,17H,10H2,1-2H3. The van der Waals surface area contributed by atoms with E-state index in [1.807, 2.05) is 37.3 Å². The predicted molar refractivity (Wildman–Crippen MR) is 68.8 cm³/mol. The Balaban J connectivity index is 2.11. The third-order valence-electron chi connectivity index (χ3n) is 2.80. The van der Waals surface area contributed by atoms with Gasteiger partial charge in [-0.05, 0) is 31.5 Å². The van der Waals surface area contributed by atoms with Gasteiger partial charge in [-0.1, -0.05) is 35.9 Å². The molecule has 2 rings (SSSR count). The Morgan fingerprint density at radius 3 is 2.41 bits per heavy atom. The van der Waals surface area contributed by atoms with Gasteiger partial charge in [-0.2, -0.15) is 0 Å². The van der Waals surface area contributed by atoms with Gasteiger partial charge in [-0.25, -0.2) is 0 Å². The third kappa shape index (κ3) is 3.14. The Kier molecular flexibility index (Phi) is 3.55. The van der Waals surface area contributed by atoms with Crippen LogP contribution in [0.3, 0.4) is 0 Å². The number of benzene rings is 1. The van der Waals surface area contributed by atoms with Crippen LogP contribution in [0, 0.1) is 13.8 Å². The molecule has 1 aromatic heterocycles. The largest absolute Gasteiger partial charge is 0.386 e. The molecule has 1 unspecified atom stereocenters. The van der Waals surface area contributed by atoms with Crippen molar-refractivity contribution in [2.75, 3.05) is 0 Å². The van der Waals surface area contributed by atoms with Gasteiger partial charge in [0.2, 0.25) is 0 Å². The van der Waals surface area contributed by atoms with E-state index in [1.165, 1.54) is 5.56 Å². The molecule has 1 N–H and O–H groups in total. The smallest absolute Gasteiger partial charge is 0.1000 e. The second-order valence-corrected chi connectivity index (χ2v) is 4.41. The molecule has 1 atom stereocenters. The zero-order valence-corrected chi connectivity index (χ0v) is 10.2. The van der Waals surface area contributed by atoms with E-state index in [0.717, 1.165) is 17.0 Å². The van der Waals surface area contributed by atoms with Crippen LogP contribution in [-0.4, -0.2) is 10.1 Å². The van der Waals surface area contributed by atoms with Crippen molar-refractivity contribution >= 4 is 0 Å². The Morgan fingerprint density at radius 1 is 1.06 bits per heavy atom. The molecule has 0 amide bonds. The van der Waals surface area contributed by atoms with Gasteiger partial charge in [0.1, 0.15) is 0 Å². The van der Waals surface area contributed by atoms with E-state index in [4.69, 9.17) is 0 Å². The summed E-state index contributed by atoms with van der Waals surface area (Å²) in [5.41, 5.74) is 4.04. The van der Waals surface area contributed by atoms with Gasteiger partial charge in [-0.15, -0.1) is 0 Å².